The van der Waals surface area contributed by atoms with Crippen LogP contribution in [0.5, 0.6) is 11.5 Å². The molecule has 2 aliphatic rings. The van der Waals surface area contributed by atoms with E-state index in [9.17, 15) is 4.79 Å². The molecule has 3 rings (SSSR count). The molecule has 0 atom stereocenters. The van der Waals surface area contributed by atoms with Crippen LogP contribution in [0.1, 0.15) is 32.1 Å². The van der Waals surface area contributed by atoms with Crippen LogP contribution in [0.15, 0.2) is 23.2 Å². The molecular weight excluding hydrogens is 374 g/mol. The number of hydrogen-bond donors (Lipinski definition) is 2. The smallest absolute Gasteiger partial charge is 0.307 e. The van der Waals surface area contributed by atoms with Crippen LogP contribution < -0.4 is 20.1 Å². The normalized spacial score (nSPS) is 16.1. The molecule has 2 N–H and O–H groups in total. The van der Waals surface area contributed by atoms with E-state index in [0.717, 1.165) is 42.6 Å². The van der Waals surface area contributed by atoms with Crippen molar-refractivity contribution in [2.75, 3.05) is 51.9 Å². The van der Waals surface area contributed by atoms with E-state index in [1.165, 1.54) is 20.0 Å². The predicted molar refractivity (Wildman–Crippen MR) is 111 cm³/mol. The summed E-state index contributed by atoms with van der Waals surface area (Å²) in [5.74, 6) is 2.58. The van der Waals surface area contributed by atoms with Crippen molar-refractivity contribution in [3.05, 3.63) is 18.2 Å². The van der Waals surface area contributed by atoms with Crippen molar-refractivity contribution in [1.29, 1.82) is 0 Å². The number of esters is 1. The number of nitrogens with one attached hydrogen (secondary N) is 2. The molecule has 160 valence electrons. The monoisotopic (exact) mass is 405 g/mol. The number of rotatable bonds is 10. The third-order valence-electron chi connectivity index (χ3n) is 4.63. The lowest BCUT2D eigenvalue weighted by molar-refractivity contribution is -0.140. The first-order chi connectivity index (χ1) is 14.2. The molecule has 0 unspecified atom stereocenters. The summed E-state index contributed by atoms with van der Waals surface area (Å²) in [6.45, 7) is 3.92. The molecule has 0 bridgehead atoms. The number of fused-ring (bicyclic) bond motifs is 1. The molecule has 8 nitrogen and oxygen atoms in total. The zero-order valence-electron chi connectivity index (χ0n) is 17.1. The van der Waals surface area contributed by atoms with E-state index >= 15 is 0 Å². The second-order valence-corrected chi connectivity index (χ2v) is 7.19. The van der Waals surface area contributed by atoms with E-state index in [2.05, 4.69) is 20.4 Å². The van der Waals surface area contributed by atoms with Gasteiger partial charge in [0, 0.05) is 44.5 Å². The van der Waals surface area contributed by atoms with Gasteiger partial charge in [-0.3, -0.25) is 9.79 Å². The molecule has 1 heterocycles. The van der Waals surface area contributed by atoms with Gasteiger partial charge in [-0.2, -0.15) is 0 Å². The molecule has 0 saturated heterocycles. The number of hydrogen-bond acceptors (Lipinski definition) is 6. The van der Waals surface area contributed by atoms with Gasteiger partial charge < -0.3 is 29.6 Å². The Balaban J connectivity index is 1.53. The van der Waals surface area contributed by atoms with Gasteiger partial charge in [0.1, 0.15) is 0 Å². The molecule has 1 aliphatic carbocycles. The third kappa shape index (κ3) is 7.81. The molecule has 29 heavy (non-hydrogen) atoms. The zero-order chi connectivity index (χ0) is 20.3. The van der Waals surface area contributed by atoms with Crippen molar-refractivity contribution < 1.29 is 23.7 Å². The fourth-order valence-electron chi connectivity index (χ4n) is 2.79. The Bertz CT molecular complexity index is 691. The number of ether oxygens (including phenoxy) is 4. The molecule has 0 aromatic heterocycles. The Hall–Kier alpha value is -2.48. The fourth-order valence-corrected chi connectivity index (χ4v) is 2.79. The van der Waals surface area contributed by atoms with E-state index in [1.807, 2.05) is 18.2 Å². The highest BCUT2D eigenvalue weighted by atomic mass is 16.5. The quantitative estimate of drug-likeness (QED) is 0.268. The first-order valence-corrected chi connectivity index (χ1v) is 10.3. The maximum absolute atomic E-state index is 11.4. The van der Waals surface area contributed by atoms with Crippen LogP contribution in [-0.4, -0.2) is 58.6 Å². The second-order valence-electron chi connectivity index (χ2n) is 7.19. The van der Waals surface area contributed by atoms with E-state index in [4.69, 9.17) is 14.2 Å². The van der Waals surface area contributed by atoms with Gasteiger partial charge in [-0.05, 0) is 37.3 Å². The lowest BCUT2D eigenvalue weighted by atomic mass is 10.2. The zero-order valence-corrected chi connectivity index (χ0v) is 17.1. The number of benzene rings is 1. The molecule has 0 radical (unpaired) electrons. The van der Waals surface area contributed by atoms with Gasteiger partial charge in [-0.1, -0.05) is 0 Å². The summed E-state index contributed by atoms with van der Waals surface area (Å²) < 4.78 is 21.8. The van der Waals surface area contributed by atoms with Gasteiger partial charge >= 0.3 is 5.97 Å². The Morgan fingerprint density at radius 2 is 2.07 bits per heavy atom. The minimum Gasteiger partial charge on any atom is -0.490 e. The lowest BCUT2D eigenvalue weighted by Crippen LogP contribution is -2.33. The summed E-state index contributed by atoms with van der Waals surface area (Å²) in [4.78, 5) is 16.0. The molecule has 0 amide bonds. The molecule has 1 fully saturated rings. The van der Waals surface area contributed by atoms with Crippen molar-refractivity contribution >= 4 is 17.6 Å². The number of guanidine groups is 1. The largest absolute Gasteiger partial charge is 0.490 e. The van der Waals surface area contributed by atoms with Crippen LogP contribution in [0.25, 0.3) is 0 Å². The number of carbonyl (C=O) groups excluding carboxylic acids is 1. The standard InChI is InChI=1S/C21H31N3O5/c1-26-20(25)8-10-23-21(22-9-2-11-27-15-16-4-5-16)24-17-6-7-18-19(14-17)29-13-3-12-28-18/h6-7,14,16H,2-5,8-13,15H2,1H3,(H2,22,23,24). The Labute approximate surface area is 172 Å². The maximum Gasteiger partial charge on any atom is 0.307 e. The van der Waals surface area contributed by atoms with Gasteiger partial charge in [-0.15, -0.1) is 0 Å². The minimum absolute atomic E-state index is 0.263. The second kappa shape index (κ2) is 11.5. The SMILES string of the molecule is COC(=O)CCNC(=NCCCOCC1CC1)Nc1ccc2c(c1)OCCCO2. The van der Waals surface area contributed by atoms with Gasteiger partial charge in [0.25, 0.3) is 0 Å². The highest BCUT2D eigenvalue weighted by Crippen LogP contribution is 2.32. The average Bonchev–Trinajstić information content (AvgIpc) is 3.57. The first kappa shape index (κ1) is 21.2. The number of aliphatic imine (C=N–C) groups is 1. The Morgan fingerprint density at radius 1 is 1.24 bits per heavy atom. The van der Waals surface area contributed by atoms with Crippen molar-refractivity contribution in [1.82, 2.24) is 5.32 Å². The van der Waals surface area contributed by atoms with Crippen molar-refractivity contribution in [2.24, 2.45) is 10.9 Å². The molecule has 0 spiro atoms. The van der Waals surface area contributed by atoms with Crippen molar-refractivity contribution in [2.45, 2.75) is 32.1 Å². The van der Waals surface area contributed by atoms with E-state index in [-0.39, 0.29) is 12.4 Å². The van der Waals surface area contributed by atoms with E-state index < -0.39 is 0 Å². The molecule has 1 aliphatic heterocycles. The highest BCUT2D eigenvalue weighted by molar-refractivity contribution is 5.94. The Morgan fingerprint density at radius 3 is 2.86 bits per heavy atom. The summed E-state index contributed by atoms with van der Waals surface area (Å²) in [5, 5.41) is 6.44. The van der Waals surface area contributed by atoms with Gasteiger partial charge in [0.05, 0.1) is 26.7 Å². The van der Waals surface area contributed by atoms with Crippen LogP contribution in [-0.2, 0) is 14.3 Å². The molecule has 1 aromatic carbocycles. The maximum atomic E-state index is 11.4. The van der Waals surface area contributed by atoms with Crippen molar-refractivity contribution in [3.63, 3.8) is 0 Å². The Kier molecular flexibility index (Phi) is 8.42. The molecular formula is C21H31N3O5. The summed E-state index contributed by atoms with van der Waals surface area (Å²) in [6.07, 6.45) is 4.57. The van der Waals surface area contributed by atoms with Crippen LogP contribution in [0.2, 0.25) is 0 Å². The van der Waals surface area contributed by atoms with E-state index in [0.29, 0.717) is 38.9 Å². The third-order valence-corrected chi connectivity index (χ3v) is 4.63. The molecule has 8 heteroatoms. The topological polar surface area (TPSA) is 90.4 Å². The fraction of sp³-hybridized carbons (Fsp3) is 0.619. The van der Waals surface area contributed by atoms with Gasteiger partial charge in [-0.25, -0.2) is 0 Å². The average molecular weight is 405 g/mol. The van der Waals surface area contributed by atoms with Crippen LogP contribution in [0.4, 0.5) is 5.69 Å². The number of anilines is 1. The van der Waals surface area contributed by atoms with Crippen LogP contribution in [0, 0.1) is 5.92 Å². The summed E-state index contributed by atoms with van der Waals surface area (Å²) in [7, 11) is 1.38. The summed E-state index contributed by atoms with van der Waals surface area (Å²) >= 11 is 0. The number of carbonyl (C=O) groups is 1. The van der Waals surface area contributed by atoms with Gasteiger partial charge in [0.2, 0.25) is 0 Å². The van der Waals surface area contributed by atoms with E-state index in [1.54, 1.807) is 0 Å². The number of nitrogens with zero attached hydrogens (tertiary/aromatic N) is 1. The lowest BCUT2D eigenvalue weighted by Gasteiger charge is -2.14. The first-order valence-electron chi connectivity index (χ1n) is 10.3. The molecule has 1 saturated carbocycles. The molecule has 1 aromatic rings. The number of methoxy groups -OCH3 is 1. The van der Waals surface area contributed by atoms with Gasteiger partial charge in [0.15, 0.2) is 17.5 Å². The summed E-state index contributed by atoms with van der Waals surface area (Å²) in [5.41, 5.74) is 0.837. The predicted octanol–water partition coefficient (Wildman–Crippen LogP) is 2.59. The highest BCUT2D eigenvalue weighted by Gasteiger charge is 2.20. The van der Waals surface area contributed by atoms with Crippen LogP contribution in [0.3, 0.4) is 0 Å². The van der Waals surface area contributed by atoms with Crippen molar-refractivity contribution in [3.8, 4) is 11.5 Å². The summed E-state index contributed by atoms with van der Waals surface area (Å²) in [6, 6.07) is 5.71. The van der Waals surface area contributed by atoms with Crippen LogP contribution >= 0.6 is 0 Å². The minimum atomic E-state index is -0.263.